The minimum atomic E-state index is -0.422. The van der Waals surface area contributed by atoms with Crippen molar-refractivity contribution in [3.8, 4) is 28.4 Å². The number of nitrogens with one attached hydrogen (secondary N) is 3. The van der Waals surface area contributed by atoms with Crippen molar-refractivity contribution in [1.82, 2.24) is 9.88 Å². The fourth-order valence-electron chi connectivity index (χ4n) is 5.64. The van der Waals surface area contributed by atoms with Crippen LogP contribution in [0.25, 0.3) is 22.0 Å². The van der Waals surface area contributed by atoms with Gasteiger partial charge in [-0.05, 0) is 65.9 Å². The number of aryl methyl sites for hydroxylation is 2. The number of rotatable bonds is 8. The molecule has 3 aromatic carbocycles. The quantitative estimate of drug-likeness (QED) is 0.287. The van der Waals surface area contributed by atoms with E-state index < -0.39 is 6.04 Å². The molecule has 218 valence electrons. The predicted octanol–water partition coefficient (Wildman–Crippen LogP) is 4.41. The third-order valence-electron chi connectivity index (χ3n) is 7.56. The summed E-state index contributed by atoms with van der Waals surface area (Å²) in [5.74, 6) is 0.927. The fourth-order valence-corrected chi connectivity index (χ4v) is 5.64. The van der Waals surface area contributed by atoms with Crippen LogP contribution in [0.15, 0.2) is 59.5 Å². The number of amides is 2. The van der Waals surface area contributed by atoms with Gasteiger partial charge in [0, 0.05) is 36.6 Å². The van der Waals surface area contributed by atoms with Crippen molar-refractivity contribution in [2.45, 2.75) is 25.8 Å². The Kier molecular flexibility index (Phi) is 8.06. The van der Waals surface area contributed by atoms with Crippen LogP contribution in [0, 0.1) is 0 Å². The second kappa shape index (κ2) is 11.9. The van der Waals surface area contributed by atoms with E-state index in [2.05, 4.69) is 16.0 Å². The van der Waals surface area contributed by atoms with Gasteiger partial charge in [0.05, 0.1) is 45.3 Å². The molecule has 0 bridgehead atoms. The van der Waals surface area contributed by atoms with Crippen LogP contribution in [0.5, 0.6) is 17.2 Å². The van der Waals surface area contributed by atoms with Crippen molar-refractivity contribution < 1.29 is 23.8 Å². The van der Waals surface area contributed by atoms with E-state index in [1.165, 1.54) is 20.1 Å². The predicted molar refractivity (Wildman–Crippen MR) is 163 cm³/mol. The molecule has 0 radical (unpaired) electrons. The molecule has 0 spiro atoms. The molecule has 5 rings (SSSR count). The second-order valence-corrected chi connectivity index (χ2v) is 10.2. The van der Waals surface area contributed by atoms with Crippen LogP contribution >= 0.6 is 0 Å². The number of ether oxygens (including phenoxy) is 3. The number of carbonyl (C=O) groups excluding carboxylic acids is 2. The number of methoxy groups -OCH3 is 3. The zero-order chi connectivity index (χ0) is 30.0. The maximum absolute atomic E-state index is 13.5. The summed E-state index contributed by atoms with van der Waals surface area (Å²) >= 11 is 0. The average Bonchev–Trinajstić information content (AvgIpc) is 3.20. The normalized spacial score (nSPS) is 13.8. The van der Waals surface area contributed by atoms with Gasteiger partial charge in [0.15, 0.2) is 11.5 Å². The summed E-state index contributed by atoms with van der Waals surface area (Å²) in [5, 5.41) is 9.86. The third kappa shape index (κ3) is 5.35. The lowest BCUT2D eigenvalue weighted by Crippen LogP contribution is -2.27. The van der Waals surface area contributed by atoms with Gasteiger partial charge in [-0.25, -0.2) is 0 Å². The number of aromatic nitrogens is 1. The molecule has 2 amide bonds. The summed E-state index contributed by atoms with van der Waals surface area (Å²) in [5.41, 5.74) is 4.68. The van der Waals surface area contributed by atoms with Crippen molar-refractivity contribution in [2.24, 2.45) is 7.05 Å². The number of anilines is 2. The first kappa shape index (κ1) is 28.5. The first-order chi connectivity index (χ1) is 20.2. The van der Waals surface area contributed by atoms with Gasteiger partial charge >= 0.3 is 0 Å². The Labute approximate surface area is 243 Å². The van der Waals surface area contributed by atoms with Gasteiger partial charge in [-0.1, -0.05) is 12.1 Å². The van der Waals surface area contributed by atoms with Crippen LogP contribution in [0.3, 0.4) is 0 Å². The summed E-state index contributed by atoms with van der Waals surface area (Å²) in [6, 6.07) is 14.1. The van der Waals surface area contributed by atoms with Crippen LogP contribution in [0.1, 0.15) is 30.5 Å². The highest BCUT2D eigenvalue weighted by Gasteiger charge is 2.29. The molecule has 4 aromatic rings. The van der Waals surface area contributed by atoms with E-state index in [1.807, 2.05) is 54.2 Å². The Morgan fingerprint density at radius 1 is 0.976 bits per heavy atom. The van der Waals surface area contributed by atoms with E-state index in [-0.39, 0.29) is 29.5 Å². The summed E-state index contributed by atoms with van der Waals surface area (Å²) in [4.78, 5) is 38.6. The van der Waals surface area contributed by atoms with Gasteiger partial charge in [-0.15, -0.1) is 0 Å². The minimum Gasteiger partial charge on any atom is -0.493 e. The number of nitrogens with zero attached hydrogens (tertiary/aromatic N) is 1. The maximum Gasteiger partial charge on any atom is 0.243 e. The number of fused-ring (bicyclic) bond motifs is 4. The van der Waals surface area contributed by atoms with Gasteiger partial charge in [-0.3, -0.25) is 14.4 Å². The van der Waals surface area contributed by atoms with Gasteiger partial charge in [-0.2, -0.15) is 0 Å². The summed E-state index contributed by atoms with van der Waals surface area (Å²) in [6.45, 7) is 1.33. The summed E-state index contributed by atoms with van der Waals surface area (Å²) in [7, 11) is 6.60. The van der Waals surface area contributed by atoms with Crippen molar-refractivity contribution >= 4 is 34.1 Å². The Morgan fingerprint density at radius 2 is 1.76 bits per heavy atom. The second-order valence-electron chi connectivity index (χ2n) is 10.2. The van der Waals surface area contributed by atoms with Gasteiger partial charge in [0.1, 0.15) is 0 Å². The van der Waals surface area contributed by atoms with Gasteiger partial charge in [0.25, 0.3) is 0 Å². The molecule has 1 unspecified atom stereocenters. The van der Waals surface area contributed by atoms with Crippen molar-refractivity contribution in [3.05, 3.63) is 76.1 Å². The Balaban J connectivity index is 1.52. The topological polar surface area (TPSA) is 120 Å². The molecule has 42 heavy (non-hydrogen) atoms. The van der Waals surface area contributed by atoms with E-state index in [0.717, 1.165) is 22.0 Å². The van der Waals surface area contributed by atoms with Crippen LogP contribution in [0.4, 0.5) is 11.4 Å². The maximum atomic E-state index is 13.5. The SMILES string of the molecule is COc1cc2c(c(OC)c1OC)-c1ccc(NCC(=O)Nc3cccc4c3ccn4C)c(=O)cc1C(NC(C)=O)CC2. The molecule has 10 heteroatoms. The van der Waals surface area contributed by atoms with Crippen LogP contribution in [-0.2, 0) is 23.1 Å². The van der Waals surface area contributed by atoms with Crippen molar-refractivity contribution in [1.29, 1.82) is 0 Å². The molecule has 0 saturated heterocycles. The molecule has 1 atom stereocenters. The number of hydrogen-bond donors (Lipinski definition) is 3. The largest absolute Gasteiger partial charge is 0.493 e. The Hall–Kier alpha value is -4.99. The van der Waals surface area contributed by atoms with Crippen molar-refractivity contribution in [2.75, 3.05) is 38.5 Å². The molecular formula is C32H34N4O6. The molecule has 0 aliphatic heterocycles. The third-order valence-corrected chi connectivity index (χ3v) is 7.56. The molecule has 10 nitrogen and oxygen atoms in total. The number of hydrogen-bond acceptors (Lipinski definition) is 7. The van der Waals surface area contributed by atoms with E-state index >= 15 is 0 Å². The molecule has 3 N–H and O–H groups in total. The molecule has 0 fully saturated rings. The lowest BCUT2D eigenvalue weighted by Gasteiger charge is -2.19. The van der Waals surface area contributed by atoms with E-state index in [1.54, 1.807) is 20.3 Å². The standard InChI is InChI=1S/C32H34N4O6/c1-18(37)34-24-11-9-19-15-28(40-3)31(41-4)32(42-5)30(19)20-10-12-25(27(38)16-22(20)24)33-17-29(39)35-23-7-6-8-26-21(23)13-14-36(26)2/h6-8,10,12-16,24H,9,11,17H2,1-5H3,(H,33,38)(H,34,37)(H,35,39). The molecular weight excluding hydrogens is 536 g/mol. The molecule has 1 aromatic heterocycles. The highest BCUT2D eigenvalue weighted by molar-refractivity contribution is 6.02. The van der Waals surface area contributed by atoms with Gasteiger partial charge < -0.3 is 34.7 Å². The van der Waals surface area contributed by atoms with E-state index in [4.69, 9.17) is 14.2 Å². The van der Waals surface area contributed by atoms with Crippen molar-refractivity contribution in [3.63, 3.8) is 0 Å². The van der Waals surface area contributed by atoms with Crippen LogP contribution < -0.4 is 35.6 Å². The number of benzene rings is 2. The fraction of sp³-hybridized carbons (Fsp3) is 0.281. The lowest BCUT2D eigenvalue weighted by molar-refractivity contribution is -0.119. The lowest BCUT2D eigenvalue weighted by atomic mass is 9.95. The number of carbonyl (C=O) groups is 2. The highest BCUT2D eigenvalue weighted by Crippen LogP contribution is 2.50. The van der Waals surface area contributed by atoms with E-state index in [9.17, 15) is 14.4 Å². The smallest absolute Gasteiger partial charge is 0.243 e. The first-order valence-electron chi connectivity index (χ1n) is 13.6. The molecule has 0 saturated carbocycles. The van der Waals surface area contributed by atoms with Crippen LogP contribution in [-0.4, -0.2) is 44.3 Å². The summed E-state index contributed by atoms with van der Waals surface area (Å²) < 4.78 is 19.0. The zero-order valence-corrected chi connectivity index (χ0v) is 24.3. The zero-order valence-electron chi connectivity index (χ0n) is 24.3. The van der Waals surface area contributed by atoms with E-state index in [0.29, 0.717) is 46.9 Å². The summed E-state index contributed by atoms with van der Waals surface area (Å²) in [6.07, 6.45) is 3.09. The van der Waals surface area contributed by atoms with Gasteiger partial charge in [0.2, 0.25) is 23.0 Å². The van der Waals surface area contributed by atoms with Crippen LogP contribution in [0.2, 0.25) is 0 Å². The molecule has 1 heterocycles. The molecule has 1 aliphatic carbocycles. The Bertz CT molecular complexity index is 1750. The Morgan fingerprint density at radius 3 is 2.48 bits per heavy atom. The first-order valence-corrected chi connectivity index (χ1v) is 13.6. The minimum absolute atomic E-state index is 0.118. The highest BCUT2D eigenvalue weighted by atomic mass is 16.5. The average molecular weight is 571 g/mol. The monoisotopic (exact) mass is 570 g/mol. The molecule has 1 aliphatic rings.